The molecule has 50 valence electrons. The Morgan fingerprint density at radius 1 is 1.50 bits per heavy atom. The molecule has 0 radical (unpaired) electrons. The summed E-state index contributed by atoms with van der Waals surface area (Å²) in [4.78, 5) is 10.2. The van der Waals surface area contributed by atoms with Crippen LogP contribution in [0, 0.1) is 11.3 Å². The van der Waals surface area contributed by atoms with Crippen molar-refractivity contribution in [2.45, 2.75) is 0 Å². The van der Waals surface area contributed by atoms with E-state index in [0.29, 0.717) is 0 Å². The van der Waals surface area contributed by atoms with E-state index in [2.05, 4.69) is 25.3 Å². The van der Waals surface area contributed by atoms with Gasteiger partial charge in [0.2, 0.25) is 0 Å². The normalized spacial score (nSPS) is 6.90. The number of amides is 1. The molecule has 0 aromatic carbocycles. The summed E-state index contributed by atoms with van der Waals surface area (Å²) >= 11 is 7.27. The third-order valence-corrected chi connectivity index (χ3v) is 1.03. The van der Waals surface area contributed by atoms with Crippen molar-refractivity contribution in [2.24, 2.45) is 5.73 Å². The molecule has 2 N–H and O–H groups in total. The topological polar surface area (TPSA) is 66.9 Å². The Bertz CT molecular complexity index is 204. The first-order valence-electron chi connectivity index (χ1n) is 1.91. The number of nitrogens with two attached hydrogens (primary N) is 1. The van der Waals surface area contributed by atoms with Crippen LogP contribution in [-0.4, -0.2) is 35.5 Å². The van der Waals surface area contributed by atoms with Gasteiger partial charge in [0.1, 0.15) is 11.6 Å². The average molecular weight is 184 g/mol. The predicted octanol–water partition coefficient (Wildman–Crippen LogP) is -0.582. The Balaban J connectivity index is 0. The molecule has 0 spiro atoms. The minimum atomic E-state index is -0.808. The van der Waals surface area contributed by atoms with Crippen LogP contribution in [0.15, 0.2) is 9.81 Å². The summed E-state index contributed by atoms with van der Waals surface area (Å²) in [5.41, 5.74) is 4.51. The van der Waals surface area contributed by atoms with Gasteiger partial charge < -0.3 is 5.73 Å². The number of nitriles is 1. The molecule has 0 heterocycles. The number of carbonyl (C=O) groups is 1. The van der Waals surface area contributed by atoms with Gasteiger partial charge in [0, 0.05) is 0 Å². The van der Waals surface area contributed by atoms with E-state index in [0.717, 1.165) is 0 Å². The summed E-state index contributed by atoms with van der Waals surface area (Å²) in [5.74, 6) is -0.808. The van der Waals surface area contributed by atoms with Crippen LogP contribution >= 0.6 is 25.3 Å². The van der Waals surface area contributed by atoms with Crippen LogP contribution in [0.1, 0.15) is 0 Å². The zero-order valence-corrected chi connectivity index (χ0v) is 6.12. The monoisotopic (exact) mass is 184 g/mol. The molecule has 0 aromatic rings. The molecular weight excluding hydrogens is 179 g/mol. The first-order chi connectivity index (χ1) is 4.09. The molecule has 3 nitrogen and oxygen atoms in total. The van der Waals surface area contributed by atoms with Crippen LogP contribution in [0.4, 0.5) is 0 Å². The van der Waals surface area contributed by atoms with Gasteiger partial charge in [0.05, 0.1) is 4.24 Å². The number of carbonyl (C=O) groups excluding carboxylic acids is 1. The molecule has 0 aromatic heterocycles. The molecule has 1 amide bonds. The summed E-state index contributed by atoms with van der Waals surface area (Å²) < 4.78 is 0.0463. The molecule has 6 heteroatoms. The number of nitrogens with zero attached hydrogens (tertiary/aromatic N) is 1. The zero-order chi connectivity index (χ0) is 7.44. The second kappa shape index (κ2) is 6.13. The van der Waals surface area contributed by atoms with E-state index in [-0.39, 0.29) is 39.4 Å². The summed E-state index contributed by atoms with van der Waals surface area (Å²) in [6.07, 6.45) is 0. The third kappa shape index (κ3) is 4.25. The quantitative estimate of drug-likeness (QED) is 0.221. The maximum absolute atomic E-state index is 10.2. The maximum atomic E-state index is 10.2. The molecule has 0 aliphatic heterocycles. The molecule has 0 atom stereocenters. The fraction of sp³-hybridized carbons (Fsp3) is 0. The molecule has 0 fully saturated rings. The number of hydrogen-bond donors (Lipinski definition) is 3. The number of thiol groups is 2. The third-order valence-electron chi connectivity index (χ3n) is 0.582. The van der Waals surface area contributed by atoms with E-state index in [1.807, 2.05) is 0 Å². The fourth-order valence-corrected chi connectivity index (χ4v) is 0.536. The van der Waals surface area contributed by atoms with Gasteiger partial charge in [-0.25, -0.2) is 0 Å². The number of rotatable bonds is 1. The molecule has 0 unspecified atom stereocenters. The summed E-state index contributed by atoms with van der Waals surface area (Å²) in [7, 11) is 0. The van der Waals surface area contributed by atoms with E-state index in [9.17, 15) is 4.79 Å². The molecule has 0 aliphatic carbocycles. The molecule has 0 rings (SSSR count). The van der Waals surface area contributed by atoms with Crippen LogP contribution in [0.5, 0.6) is 0 Å². The van der Waals surface area contributed by atoms with Gasteiger partial charge in [-0.15, -0.1) is 25.3 Å². The Hall–Kier alpha value is 0.400. The Kier molecular flexibility index (Phi) is 7.99. The van der Waals surface area contributed by atoms with E-state index in [1.165, 1.54) is 0 Å². The van der Waals surface area contributed by atoms with Crippen molar-refractivity contribution in [1.82, 2.24) is 0 Å². The summed E-state index contributed by atoms with van der Waals surface area (Å²) in [6.45, 7) is 0. The second-order valence-electron chi connectivity index (χ2n) is 1.17. The molecule has 0 aliphatic rings. The Morgan fingerprint density at radius 3 is 1.90 bits per heavy atom. The molecule has 10 heavy (non-hydrogen) atoms. The van der Waals surface area contributed by atoms with Crippen molar-refractivity contribution in [2.75, 3.05) is 0 Å². The van der Waals surface area contributed by atoms with Crippen molar-refractivity contribution in [3.05, 3.63) is 9.81 Å². The van der Waals surface area contributed by atoms with Crippen molar-refractivity contribution in [1.29, 1.82) is 5.26 Å². The van der Waals surface area contributed by atoms with Gasteiger partial charge in [0.25, 0.3) is 5.91 Å². The molecule has 0 bridgehead atoms. The van der Waals surface area contributed by atoms with E-state index >= 15 is 0 Å². The zero-order valence-electron chi connectivity index (χ0n) is 4.33. The summed E-state index contributed by atoms with van der Waals surface area (Å²) in [6, 6.07) is 1.55. The fourth-order valence-electron chi connectivity index (χ4n) is 0.215. The Labute approximate surface area is 91.8 Å². The second-order valence-corrected chi connectivity index (χ2v) is 2.42. The van der Waals surface area contributed by atoms with Crippen molar-refractivity contribution in [3.63, 3.8) is 0 Å². The predicted molar refractivity (Wildman–Crippen MR) is 47.0 cm³/mol. The van der Waals surface area contributed by atoms with Crippen molar-refractivity contribution in [3.8, 4) is 6.07 Å². The van der Waals surface area contributed by atoms with Gasteiger partial charge in [-0.1, -0.05) is 0 Å². The van der Waals surface area contributed by atoms with Gasteiger partial charge in [-0.3, -0.25) is 4.79 Å². The molecular formula is C4H5N2NaOS2. The van der Waals surface area contributed by atoms with Gasteiger partial charge in [-0.05, 0) is 0 Å². The SMILES string of the molecule is N#CC(C(N)=O)=C(S)S.[NaH]. The van der Waals surface area contributed by atoms with Gasteiger partial charge in [0.15, 0.2) is 0 Å². The van der Waals surface area contributed by atoms with Gasteiger partial charge >= 0.3 is 29.6 Å². The van der Waals surface area contributed by atoms with Crippen molar-refractivity contribution < 1.29 is 4.79 Å². The standard InChI is InChI=1S/C4H4N2OS2.Na.H/c5-1-2(3(6)7)4(8)9;;/h8-9H,(H2,6,7);;. The number of primary amides is 1. The van der Waals surface area contributed by atoms with E-state index in [1.54, 1.807) is 6.07 Å². The van der Waals surface area contributed by atoms with E-state index < -0.39 is 5.91 Å². The van der Waals surface area contributed by atoms with Crippen LogP contribution in [-0.2, 0) is 4.79 Å². The molecule has 0 saturated carbocycles. The minimum absolute atomic E-state index is 0. The molecule has 0 saturated heterocycles. The number of hydrogen-bond acceptors (Lipinski definition) is 4. The first kappa shape index (κ1) is 13.0. The van der Waals surface area contributed by atoms with Crippen LogP contribution in [0.25, 0.3) is 0 Å². The first-order valence-corrected chi connectivity index (χ1v) is 2.81. The summed E-state index contributed by atoms with van der Waals surface area (Å²) in [5, 5.41) is 8.16. The van der Waals surface area contributed by atoms with Crippen LogP contribution in [0.2, 0.25) is 0 Å². The van der Waals surface area contributed by atoms with Gasteiger partial charge in [-0.2, -0.15) is 5.26 Å². The van der Waals surface area contributed by atoms with Crippen LogP contribution < -0.4 is 5.73 Å². The Morgan fingerprint density at radius 2 is 1.90 bits per heavy atom. The average Bonchev–Trinajstić information content (AvgIpc) is 1.64. The van der Waals surface area contributed by atoms with Crippen molar-refractivity contribution >= 4 is 60.7 Å². The van der Waals surface area contributed by atoms with Crippen LogP contribution in [0.3, 0.4) is 0 Å². The van der Waals surface area contributed by atoms with E-state index in [4.69, 9.17) is 11.0 Å².